The second-order valence-electron chi connectivity index (χ2n) is 6.86. The van der Waals surface area contributed by atoms with E-state index in [0.717, 1.165) is 6.92 Å². The Balaban J connectivity index is 5.17. The van der Waals surface area contributed by atoms with Crippen molar-refractivity contribution in [3.63, 3.8) is 0 Å². The molecule has 5 unspecified atom stereocenters. The number of amides is 3. The third kappa shape index (κ3) is 11.0. The number of nitrogens with one attached hydrogen (secondary N) is 3. The van der Waals surface area contributed by atoms with Gasteiger partial charge in [-0.25, -0.2) is 4.79 Å². The molecule has 0 saturated carbocycles. The van der Waals surface area contributed by atoms with E-state index in [-0.39, 0.29) is 12.2 Å². The predicted octanol–water partition coefficient (Wildman–Crippen LogP) is -3.23. The van der Waals surface area contributed by atoms with E-state index in [1.54, 1.807) is 0 Å². The van der Waals surface area contributed by atoms with E-state index >= 15 is 0 Å². The number of aliphatic hydroxyl groups is 1. The van der Waals surface area contributed by atoms with Crippen LogP contribution in [-0.4, -0.2) is 87.5 Å². The van der Waals surface area contributed by atoms with E-state index in [0.29, 0.717) is 19.4 Å². The summed E-state index contributed by atoms with van der Waals surface area (Å²) in [5, 5.41) is 34.0. The van der Waals surface area contributed by atoms with Crippen LogP contribution in [0.2, 0.25) is 0 Å². The van der Waals surface area contributed by atoms with Gasteiger partial charge in [-0.15, -0.1) is 0 Å². The van der Waals surface area contributed by atoms with Crippen molar-refractivity contribution in [2.24, 2.45) is 11.5 Å². The van der Waals surface area contributed by atoms with Crippen LogP contribution in [-0.2, 0) is 24.0 Å². The molecule has 0 bridgehead atoms. The zero-order chi connectivity index (χ0) is 24.1. The Morgan fingerprint density at radius 1 is 0.935 bits per heavy atom. The van der Waals surface area contributed by atoms with Crippen molar-refractivity contribution < 1.29 is 39.3 Å². The van der Waals surface area contributed by atoms with Gasteiger partial charge >= 0.3 is 11.9 Å². The molecule has 0 radical (unpaired) electrons. The minimum Gasteiger partial charge on any atom is -0.481 e. The molecule has 178 valence electrons. The van der Waals surface area contributed by atoms with Gasteiger partial charge in [0.05, 0.1) is 18.6 Å². The number of thiol groups is 1. The van der Waals surface area contributed by atoms with Gasteiger partial charge in [-0.3, -0.25) is 19.2 Å². The van der Waals surface area contributed by atoms with Gasteiger partial charge in [0.2, 0.25) is 17.7 Å². The summed E-state index contributed by atoms with van der Waals surface area (Å²) in [6.07, 6.45) is -0.710. The second-order valence-corrected chi connectivity index (χ2v) is 7.22. The van der Waals surface area contributed by atoms with Gasteiger partial charge in [0.25, 0.3) is 0 Å². The smallest absolute Gasteiger partial charge is 0.328 e. The lowest BCUT2D eigenvalue weighted by molar-refractivity contribution is -0.145. The van der Waals surface area contributed by atoms with Gasteiger partial charge < -0.3 is 42.7 Å². The molecule has 0 aromatic heterocycles. The Morgan fingerprint density at radius 3 is 1.94 bits per heavy atom. The molecule has 0 fully saturated rings. The van der Waals surface area contributed by atoms with Crippen LogP contribution in [0.3, 0.4) is 0 Å². The summed E-state index contributed by atoms with van der Waals surface area (Å²) in [5.74, 6) is -5.85. The maximum absolute atomic E-state index is 12.5. The SMILES string of the molecule is CC(O)C(NC(=O)C(CS)NC(=O)C(CC(=O)O)NC(=O)C(N)CCCCN)C(=O)O. The van der Waals surface area contributed by atoms with Gasteiger partial charge in [-0.1, -0.05) is 6.42 Å². The second kappa shape index (κ2) is 14.6. The Hall–Kier alpha value is -2.42. The summed E-state index contributed by atoms with van der Waals surface area (Å²) >= 11 is 3.92. The standard InChI is InChI=1S/C17H31N5O8S/c1-8(23)13(17(29)30)22-16(28)11(7-31)21-15(27)10(6-12(24)25)20-14(26)9(19)4-2-3-5-18/h8-11,13,23,31H,2-7,18-19H2,1H3,(H,20,26)(H,21,27)(H,22,28)(H,24,25)(H,29,30). The third-order valence-electron chi connectivity index (χ3n) is 4.18. The molecule has 0 spiro atoms. The summed E-state index contributed by atoms with van der Waals surface area (Å²) in [4.78, 5) is 59.2. The molecule has 0 aliphatic carbocycles. The first kappa shape index (κ1) is 28.6. The third-order valence-corrected chi connectivity index (χ3v) is 4.54. The lowest BCUT2D eigenvalue weighted by atomic mass is 10.1. The normalized spacial score (nSPS) is 15.6. The summed E-state index contributed by atoms with van der Waals surface area (Å²) in [6, 6.07) is -5.51. The number of hydrogen-bond donors (Lipinski definition) is 9. The van der Waals surface area contributed by atoms with E-state index in [1.807, 2.05) is 0 Å². The van der Waals surface area contributed by atoms with Crippen molar-refractivity contribution in [2.45, 2.75) is 62.9 Å². The molecular weight excluding hydrogens is 434 g/mol. The van der Waals surface area contributed by atoms with Crippen molar-refractivity contribution in [3.8, 4) is 0 Å². The number of aliphatic carboxylic acids is 2. The Bertz CT molecular complexity index is 648. The van der Waals surface area contributed by atoms with Gasteiger partial charge in [-0.05, 0) is 26.3 Å². The van der Waals surface area contributed by atoms with Gasteiger partial charge in [-0.2, -0.15) is 12.6 Å². The Labute approximate surface area is 184 Å². The highest BCUT2D eigenvalue weighted by atomic mass is 32.1. The van der Waals surface area contributed by atoms with E-state index < -0.39 is 66.4 Å². The quantitative estimate of drug-likeness (QED) is 0.0865. The number of rotatable bonds is 15. The largest absolute Gasteiger partial charge is 0.481 e. The minimum atomic E-state index is -1.63. The molecule has 0 rings (SSSR count). The Kier molecular flexibility index (Phi) is 13.4. The van der Waals surface area contributed by atoms with Crippen LogP contribution >= 0.6 is 12.6 Å². The molecule has 0 aliphatic heterocycles. The molecule has 0 saturated heterocycles. The fraction of sp³-hybridized carbons (Fsp3) is 0.706. The molecule has 5 atom stereocenters. The lowest BCUT2D eigenvalue weighted by Crippen LogP contribution is -2.59. The highest BCUT2D eigenvalue weighted by molar-refractivity contribution is 7.80. The van der Waals surface area contributed by atoms with Crippen molar-refractivity contribution in [1.29, 1.82) is 0 Å². The number of unbranched alkanes of at least 4 members (excludes halogenated alkanes) is 1. The zero-order valence-electron chi connectivity index (χ0n) is 17.1. The van der Waals surface area contributed by atoms with Crippen molar-refractivity contribution in [3.05, 3.63) is 0 Å². The zero-order valence-corrected chi connectivity index (χ0v) is 18.0. The van der Waals surface area contributed by atoms with Crippen molar-refractivity contribution >= 4 is 42.3 Å². The summed E-state index contributed by atoms with van der Waals surface area (Å²) in [6.45, 7) is 1.58. The minimum absolute atomic E-state index is 0.268. The fourth-order valence-corrected chi connectivity index (χ4v) is 2.67. The van der Waals surface area contributed by atoms with Crippen molar-refractivity contribution in [1.82, 2.24) is 16.0 Å². The molecular formula is C17H31N5O8S. The number of hydrogen-bond acceptors (Lipinski definition) is 9. The molecule has 10 N–H and O–H groups in total. The molecule has 0 aromatic rings. The van der Waals surface area contributed by atoms with Crippen molar-refractivity contribution in [2.75, 3.05) is 12.3 Å². The number of aliphatic hydroxyl groups excluding tert-OH is 1. The fourth-order valence-electron chi connectivity index (χ4n) is 2.41. The average molecular weight is 466 g/mol. The molecule has 13 nitrogen and oxygen atoms in total. The number of carbonyl (C=O) groups is 5. The van der Waals surface area contributed by atoms with Crippen LogP contribution in [0.5, 0.6) is 0 Å². The first-order valence-corrected chi connectivity index (χ1v) is 10.2. The topological polar surface area (TPSA) is 234 Å². The Morgan fingerprint density at radius 2 is 1.48 bits per heavy atom. The lowest BCUT2D eigenvalue weighted by Gasteiger charge is -2.24. The first-order valence-electron chi connectivity index (χ1n) is 9.54. The number of nitrogens with two attached hydrogens (primary N) is 2. The summed E-state index contributed by atoms with van der Waals surface area (Å²) in [5.41, 5.74) is 11.1. The molecule has 14 heteroatoms. The monoisotopic (exact) mass is 465 g/mol. The van der Waals surface area contributed by atoms with Crippen LogP contribution in [0.4, 0.5) is 0 Å². The summed E-state index contributed by atoms with van der Waals surface area (Å²) < 4.78 is 0. The van der Waals surface area contributed by atoms with Crippen LogP contribution in [0.25, 0.3) is 0 Å². The van der Waals surface area contributed by atoms with E-state index in [1.165, 1.54) is 0 Å². The molecule has 0 heterocycles. The van der Waals surface area contributed by atoms with Gasteiger partial charge in [0.15, 0.2) is 6.04 Å². The number of carboxylic acid groups (broad SMARTS) is 2. The number of carboxylic acids is 2. The van der Waals surface area contributed by atoms with Crippen LogP contribution in [0.1, 0.15) is 32.6 Å². The maximum Gasteiger partial charge on any atom is 0.328 e. The van der Waals surface area contributed by atoms with Crippen LogP contribution in [0.15, 0.2) is 0 Å². The molecule has 31 heavy (non-hydrogen) atoms. The van der Waals surface area contributed by atoms with Crippen LogP contribution < -0.4 is 27.4 Å². The molecule has 0 aromatic carbocycles. The van der Waals surface area contributed by atoms with Crippen LogP contribution in [0, 0.1) is 0 Å². The van der Waals surface area contributed by atoms with E-state index in [2.05, 4.69) is 28.6 Å². The number of carbonyl (C=O) groups excluding carboxylic acids is 3. The van der Waals surface area contributed by atoms with Gasteiger partial charge in [0.1, 0.15) is 12.1 Å². The summed E-state index contributed by atoms with van der Waals surface area (Å²) in [7, 11) is 0. The molecule has 0 aliphatic rings. The van der Waals surface area contributed by atoms with Gasteiger partial charge in [0, 0.05) is 5.75 Å². The first-order chi connectivity index (χ1) is 14.4. The highest BCUT2D eigenvalue weighted by Crippen LogP contribution is 2.02. The predicted molar refractivity (Wildman–Crippen MR) is 112 cm³/mol. The van der Waals surface area contributed by atoms with E-state index in [4.69, 9.17) is 21.7 Å². The van der Waals surface area contributed by atoms with E-state index in [9.17, 15) is 29.1 Å². The highest BCUT2D eigenvalue weighted by Gasteiger charge is 2.32. The average Bonchev–Trinajstić information content (AvgIpc) is 2.68. The maximum atomic E-state index is 12.5. The molecule has 3 amide bonds.